The van der Waals surface area contributed by atoms with E-state index < -0.39 is 72.5 Å². The summed E-state index contributed by atoms with van der Waals surface area (Å²) >= 11 is 42.9. The number of aryl methyl sites for hydroxylation is 4. The number of amides is 1. The van der Waals surface area contributed by atoms with E-state index in [0.717, 1.165) is 11.1 Å². The monoisotopic (exact) mass is 1010 g/mol. The predicted molar refractivity (Wildman–Crippen MR) is 211 cm³/mol. The summed E-state index contributed by atoms with van der Waals surface area (Å²) < 4.78 is 151. The van der Waals surface area contributed by atoms with Gasteiger partial charge in [0.15, 0.2) is 0 Å². The third-order valence-corrected chi connectivity index (χ3v) is 7.84. The van der Waals surface area contributed by atoms with Gasteiger partial charge >= 0.3 is 84.3 Å². The van der Waals surface area contributed by atoms with Gasteiger partial charge in [0.25, 0.3) is 5.91 Å². The van der Waals surface area contributed by atoms with Gasteiger partial charge in [-0.05, 0) is 98.5 Å². The molecule has 1 N–H and O–H groups in total. The molecule has 3 nitrogen and oxygen atoms in total. The summed E-state index contributed by atoms with van der Waals surface area (Å²) in [5.74, 6) is -1.13. The molecule has 0 heterocycles. The summed E-state index contributed by atoms with van der Waals surface area (Å²) in [5.41, 5.74) is -4.36. The first-order chi connectivity index (χ1) is 25.8. The van der Waals surface area contributed by atoms with Gasteiger partial charge in [-0.15, -0.1) is 0 Å². The minimum atomic E-state index is -5.03. The van der Waals surface area contributed by atoms with Crippen LogP contribution in [0, 0.1) is 27.7 Å². The van der Waals surface area contributed by atoms with E-state index in [9.17, 15) is 57.5 Å². The molecular weight excluding hydrogens is 995 g/mol. The zero-order valence-electron chi connectivity index (χ0n) is 29.1. The van der Waals surface area contributed by atoms with Gasteiger partial charge in [0.05, 0.1) is 43.7 Å². The molecule has 58 heavy (non-hydrogen) atoms. The van der Waals surface area contributed by atoms with Crippen LogP contribution in [0.25, 0.3) is 0 Å². The van der Waals surface area contributed by atoms with Gasteiger partial charge in [-0.3, -0.25) is 4.79 Å². The summed E-state index contributed by atoms with van der Waals surface area (Å²) in [6.45, 7) is 6.76. The van der Waals surface area contributed by atoms with Gasteiger partial charge in [0, 0.05) is 11.1 Å². The standard InChI is InChI=1S/C17H11Cl2F6N.C17H12ClF6NO.Cl5P/c1-8-3-9(2)14(13(18)4-8)26-15(19)10-5-11(16(20,21)22)7-12(6-10)17(23,24)25;1-8-3-9(2)14(13(18)4-8)25-15(26)10-5-11(16(19,20)21)7-12(6-10)17(22,23)24;1-6(2,3,4)5/h3-7H,1-2H3;3-7H,1-2H3,(H,25,26);. The summed E-state index contributed by atoms with van der Waals surface area (Å²) in [4.78, 5) is 16.2. The molecule has 0 unspecified atom stereocenters. The second-order valence-electron chi connectivity index (χ2n) is 11.9. The zero-order chi connectivity index (χ0) is 45.2. The first kappa shape index (κ1) is 52.1. The Bertz CT molecular complexity index is 2070. The number of aliphatic imine (C=N–C) groups is 1. The Balaban J connectivity index is 0.000000351. The molecule has 0 aliphatic carbocycles. The van der Waals surface area contributed by atoms with Crippen LogP contribution >= 0.6 is 94.4 Å². The molecule has 0 fully saturated rings. The van der Waals surface area contributed by atoms with Gasteiger partial charge in [-0.1, -0.05) is 46.9 Å². The molecule has 0 aliphatic rings. The molecule has 0 aliphatic heterocycles. The van der Waals surface area contributed by atoms with Crippen molar-refractivity contribution < 1.29 is 57.5 Å². The average Bonchev–Trinajstić information content (AvgIpc) is 3.01. The Hall–Kier alpha value is -2.07. The second-order valence-corrected chi connectivity index (χ2v) is 29.7. The molecule has 0 bridgehead atoms. The van der Waals surface area contributed by atoms with Crippen molar-refractivity contribution in [1.29, 1.82) is 0 Å². The average molecular weight is 1020 g/mol. The zero-order valence-corrected chi connectivity index (χ0v) is 36.1. The van der Waals surface area contributed by atoms with Crippen LogP contribution < -0.4 is 5.32 Å². The van der Waals surface area contributed by atoms with E-state index >= 15 is 0 Å². The molecule has 0 spiro atoms. The SMILES string of the molecule is Cc1cc(C)c(N=C(Cl)c2cc(C(F)(F)F)cc(C(F)(F)F)c2)c(Cl)c1.Cc1cc(C)c(NC(=O)c2cc(C(F)(F)F)cc(C(F)(F)F)c2)c(Cl)c1.ClP(Cl)(Cl)(Cl)Cl. The van der Waals surface area contributed by atoms with Crippen LogP contribution in [0.2, 0.25) is 10.0 Å². The predicted octanol–water partition coefficient (Wildman–Crippen LogP) is 17.9. The molecule has 0 radical (unpaired) electrons. The number of rotatable bonds is 4. The molecule has 4 aromatic rings. The van der Waals surface area contributed by atoms with Gasteiger partial charge in [-0.25, -0.2) is 4.99 Å². The molecule has 320 valence electrons. The third kappa shape index (κ3) is 17.1. The van der Waals surface area contributed by atoms with Crippen LogP contribution in [0.15, 0.2) is 65.7 Å². The topological polar surface area (TPSA) is 41.5 Å². The van der Waals surface area contributed by atoms with Crippen molar-refractivity contribution in [2.24, 2.45) is 4.99 Å². The molecule has 0 saturated heterocycles. The number of nitrogens with zero attached hydrogens (tertiary/aromatic N) is 1. The van der Waals surface area contributed by atoms with Crippen LogP contribution in [0.4, 0.5) is 64.1 Å². The quantitative estimate of drug-likeness (QED) is 0.124. The molecule has 0 atom stereocenters. The fourth-order valence-corrected chi connectivity index (χ4v) is 5.56. The van der Waals surface area contributed by atoms with Crippen molar-refractivity contribution in [3.63, 3.8) is 0 Å². The molecular formula is C34H23Cl8F12N2OP. The van der Waals surface area contributed by atoms with Crippen molar-refractivity contribution in [3.8, 4) is 0 Å². The van der Waals surface area contributed by atoms with E-state index in [-0.39, 0.29) is 33.6 Å². The Kier molecular flexibility index (Phi) is 17.0. The first-order valence-corrected chi connectivity index (χ1v) is 23.0. The summed E-state index contributed by atoms with van der Waals surface area (Å²) in [6.07, 6.45) is -20.0. The van der Waals surface area contributed by atoms with Crippen LogP contribution in [0.5, 0.6) is 0 Å². The summed E-state index contributed by atoms with van der Waals surface area (Å²) in [7, 11) is 0. The fraction of sp³-hybridized carbons (Fsp3) is 0.235. The van der Waals surface area contributed by atoms with Crippen molar-refractivity contribution in [1.82, 2.24) is 0 Å². The number of alkyl halides is 12. The Labute approximate surface area is 361 Å². The number of carbonyl (C=O) groups is 1. The fourth-order valence-electron chi connectivity index (χ4n) is 4.63. The van der Waals surface area contributed by atoms with Gasteiger partial charge in [0.1, 0.15) is 5.17 Å². The van der Waals surface area contributed by atoms with E-state index in [0.29, 0.717) is 35.4 Å². The molecule has 0 saturated carbocycles. The molecule has 1 amide bonds. The first-order valence-electron chi connectivity index (χ1n) is 15.1. The van der Waals surface area contributed by atoms with E-state index in [1.807, 2.05) is 0 Å². The Morgan fingerprint density at radius 2 is 0.862 bits per heavy atom. The van der Waals surface area contributed by atoms with E-state index in [2.05, 4.69) is 10.3 Å². The summed E-state index contributed by atoms with van der Waals surface area (Å²) in [6, 6.07) is 8.18. The van der Waals surface area contributed by atoms with Crippen molar-refractivity contribution in [2.45, 2.75) is 52.4 Å². The number of benzene rings is 4. The van der Waals surface area contributed by atoms with Crippen LogP contribution in [0.3, 0.4) is 0 Å². The number of hydrogen-bond acceptors (Lipinski definition) is 2. The van der Waals surface area contributed by atoms with Gasteiger partial charge in [-0.2, -0.15) is 52.7 Å². The van der Waals surface area contributed by atoms with Crippen molar-refractivity contribution >= 4 is 117 Å². The number of anilines is 1. The van der Waals surface area contributed by atoms with Crippen molar-refractivity contribution in [3.05, 3.63) is 126 Å². The molecule has 4 aromatic carbocycles. The number of carbonyl (C=O) groups excluding carboxylic acids is 1. The molecule has 0 aromatic heterocycles. The Morgan fingerprint density at radius 1 is 0.534 bits per heavy atom. The number of hydrogen-bond donors (Lipinski definition) is 1. The van der Waals surface area contributed by atoms with Gasteiger partial charge < -0.3 is 5.32 Å². The normalized spacial score (nSPS) is 13.4. The third-order valence-electron chi connectivity index (χ3n) is 6.95. The Morgan fingerprint density at radius 3 is 1.19 bits per heavy atom. The van der Waals surface area contributed by atoms with Crippen LogP contribution in [-0.2, 0) is 24.7 Å². The second kappa shape index (κ2) is 18.9. The van der Waals surface area contributed by atoms with Crippen LogP contribution in [-0.4, -0.2) is 11.1 Å². The van der Waals surface area contributed by atoms with Gasteiger partial charge in [0.2, 0.25) is 0 Å². The molecule has 24 heteroatoms. The van der Waals surface area contributed by atoms with E-state index in [4.69, 9.17) is 91.0 Å². The van der Waals surface area contributed by atoms with E-state index in [1.54, 1.807) is 45.9 Å². The van der Waals surface area contributed by atoms with Crippen molar-refractivity contribution in [2.75, 3.05) is 5.32 Å². The van der Waals surface area contributed by atoms with E-state index in [1.165, 1.54) is 6.07 Å². The maximum absolute atomic E-state index is 12.9. The number of halogens is 20. The maximum atomic E-state index is 12.9. The van der Waals surface area contributed by atoms with Crippen LogP contribution in [0.1, 0.15) is 60.4 Å². The molecule has 4 rings (SSSR count). The summed E-state index contributed by atoms with van der Waals surface area (Å²) in [5, 5.41) is 2.05. The minimum absolute atomic E-state index is 0.0256. The number of nitrogens with one attached hydrogen (secondary N) is 1.